The molecule has 0 aliphatic carbocycles. The second-order valence-corrected chi connectivity index (χ2v) is 7.30. The van der Waals surface area contributed by atoms with Crippen molar-refractivity contribution in [3.05, 3.63) is 17.6 Å². The second kappa shape index (κ2) is 7.14. The van der Waals surface area contributed by atoms with Gasteiger partial charge in [-0.25, -0.2) is 8.42 Å². The smallest absolute Gasteiger partial charge is 0.303 e. The summed E-state index contributed by atoms with van der Waals surface area (Å²) < 4.78 is 31.6. The Morgan fingerprint density at radius 1 is 1.35 bits per heavy atom. The van der Waals surface area contributed by atoms with Crippen molar-refractivity contribution in [1.29, 1.82) is 0 Å². The Morgan fingerprint density at radius 3 is 2.61 bits per heavy atom. The molecule has 9 heteroatoms. The number of furan rings is 1. The zero-order valence-corrected chi connectivity index (χ0v) is 13.7. The predicted octanol–water partition coefficient (Wildman–Crippen LogP) is 0.967. The maximum absolute atomic E-state index is 12.5. The van der Waals surface area contributed by atoms with Crippen LogP contribution in [0.5, 0.6) is 0 Å². The van der Waals surface area contributed by atoms with Gasteiger partial charge in [-0.2, -0.15) is 4.31 Å². The summed E-state index contributed by atoms with van der Waals surface area (Å²) in [6, 6.07) is 1.23. The van der Waals surface area contributed by atoms with Gasteiger partial charge in [-0.15, -0.1) is 0 Å². The number of carbonyl (C=O) groups is 2. The molecule has 0 aromatic carbocycles. The van der Waals surface area contributed by atoms with Gasteiger partial charge in [0.1, 0.15) is 10.7 Å². The van der Waals surface area contributed by atoms with Crippen molar-refractivity contribution < 1.29 is 27.5 Å². The van der Waals surface area contributed by atoms with Crippen LogP contribution in [-0.4, -0.2) is 49.3 Å². The number of aryl methyl sites for hydroxylation is 1. The zero-order valence-electron chi connectivity index (χ0n) is 12.9. The van der Waals surface area contributed by atoms with Gasteiger partial charge in [-0.3, -0.25) is 9.59 Å². The number of sulfonamides is 1. The van der Waals surface area contributed by atoms with Crippen molar-refractivity contribution in [2.45, 2.75) is 37.5 Å². The third kappa shape index (κ3) is 4.11. The van der Waals surface area contributed by atoms with Crippen LogP contribution in [0.1, 0.15) is 42.0 Å². The molecular weight excluding hydrogens is 324 g/mol. The summed E-state index contributed by atoms with van der Waals surface area (Å²) in [4.78, 5) is 22.3. The quantitative estimate of drug-likeness (QED) is 0.712. The fourth-order valence-corrected chi connectivity index (χ4v) is 4.11. The molecule has 1 saturated heterocycles. The van der Waals surface area contributed by atoms with Crippen LogP contribution in [-0.2, 0) is 14.8 Å². The molecular formula is C14H20N2O6S. The number of nitrogens with zero attached hydrogens (tertiary/aromatic N) is 1. The van der Waals surface area contributed by atoms with E-state index in [2.05, 4.69) is 5.32 Å². The highest BCUT2D eigenvalue weighted by atomic mass is 32.2. The maximum Gasteiger partial charge on any atom is 0.303 e. The van der Waals surface area contributed by atoms with E-state index < -0.39 is 21.9 Å². The summed E-state index contributed by atoms with van der Waals surface area (Å²) >= 11 is 0. The average Bonchev–Trinajstić information content (AvgIpc) is 3.12. The summed E-state index contributed by atoms with van der Waals surface area (Å²) in [6.45, 7) is 2.64. The van der Waals surface area contributed by atoms with E-state index in [1.165, 1.54) is 17.3 Å². The molecule has 0 radical (unpaired) electrons. The molecule has 2 N–H and O–H groups in total. The summed E-state index contributed by atoms with van der Waals surface area (Å²) in [7, 11) is -3.64. The molecule has 2 heterocycles. The van der Waals surface area contributed by atoms with Gasteiger partial charge in [0.15, 0.2) is 5.76 Å². The van der Waals surface area contributed by atoms with Crippen molar-refractivity contribution >= 4 is 21.9 Å². The molecule has 128 valence electrons. The van der Waals surface area contributed by atoms with Crippen molar-refractivity contribution in [1.82, 2.24) is 9.62 Å². The number of hydrogen-bond donors (Lipinski definition) is 2. The average molecular weight is 344 g/mol. The highest BCUT2D eigenvalue weighted by Crippen LogP contribution is 2.26. The summed E-state index contributed by atoms with van der Waals surface area (Å²) in [5.74, 6) is -1.41. The predicted molar refractivity (Wildman–Crippen MR) is 80.6 cm³/mol. The first-order valence-corrected chi connectivity index (χ1v) is 8.87. The van der Waals surface area contributed by atoms with Crippen molar-refractivity contribution in [3.8, 4) is 0 Å². The first-order chi connectivity index (χ1) is 10.8. The molecule has 0 saturated carbocycles. The zero-order chi connectivity index (χ0) is 17.0. The lowest BCUT2D eigenvalue weighted by Gasteiger charge is -2.14. The fraction of sp³-hybridized carbons (Fsp3) is 0.571. The number of carboxylic acids is 1. The van der Waals surface area contributed by atoms with Crippen LogP contribution in [0.3, 0.4) is 0 Å². The van der Waals surface area contributed by atoms with Gasteiger partial charge in [0.05, 0.1) is 0 Å². The Bertz CT molecular complexity index is 688. The van der Waals surface area contributed by atoms with Gasteiger partial charge in [0, 0.05) is 32.1 Å². The number of carbonyl (C=O) groups excluding carboxylic acids is 1. The molecule has 1 aromatic rings. The maximum atomic E-state index is 12.5. The van der Waals surface area contributed by atoms with Crippen molar-refractivity contribution in [3.63, 3.8) is 0 Å². The Morgan fingerprint density at radius 2 is 2.00 bits per heavy atom. The van der Waals surface area contributed by atoms with E-state index in [-0.39, 0.29) is 29.4 Å². The van der Waals surface area contributed by atoms with E-state index in [0.29, 0.717) is 19.5 Å². The Hall–Kier alpha value is -1.87. The van der Waals surface area contributed by atoms with E-state index >= 15 is 0 Å². The van der Waals surface area contributed by atoms with Crippen molar-refractivity contribution in [2.24, 2.45) is 0 Å². The number of carboxylic acid groups (broad SMARTS) is 1. The van der Waals surface area contributed by atoms with Gasteiger partial charge < -0.3 is 14.8 Å². The first-order valence-electron chi connectivity index (χ1n) is 7.43. The van der Waals surface area contributed by atoms with Gasteiger partial charge in [0.25, 0.3) is 5.91 Å². The lowest BCUT2D eigenvalue weighted by molar-refractivity contribution is -0.137. The molecule has 2 rings (SSSR count). The second-order valence-electron chi connectivity index (χ2n) is 5.40. The molecule has 1 aliphatic rings. The fourth-order valence-electron chi connectivity index (χ4n) is 2.43. The Balaban J connectivity index is 2.05. The first kappa shape index (κ1) is 17.5. The number of amides is 1. The number of hydrogen-bond acceptors (Lipinski definition) is 5. The van der Waals surface area contributed by atoms with Crippen LogP contribution in [0.4, 0.5) is 0 Å². The van der Waals surface area contributed by atoms with E-state index in [1.54, 1.807) is 0 Å². The molecule has 1 fully saturated rings. The van der Waals surface area contributed by atoms with E-state index in [0.717, 1.165) is 12.8 Å². The minimum atomic E-state index is -3.64. The molecule has 23 heavy (non-hydrogen) atoms. The normalized spacial score (nSPS) is 15.7. The monoisotopic (exact) mass is 344 g/mol. The minimum Gasteiger partial charge on any atom is -0.481 e. The third-order valence-corrected chi connectivity index (χ3v) is 5.64. The lowest BCUT2D eigenvalue weighted by Crippen LogP contribution is -2.28. The summed E-state index contributed by atoms with van der Waals surface area (Å²) in [5, 5.41) is 11.0. The molecule has 1 aliphatic heterocycles. The van der Waals surface area contributed by atoms with E-state index in [4.69, 9.17) is 9.52 Å². The third-order valence-electron chi connectivity index (χ3n) is 3.63. The summed E-state index contributed by atoms with van der Waals surface area (Å²) in [6.07, 6.45) is 1.89. The molecule has 1 amide bonds. The van der Waals surface area contributed by atoms with E-state index in [9.17, 15) is 18.0 Å². The molecule has 8 nitrogen and oxygen atoms in total. The molecule has 0 bridgehead atoms. The van der Waals surface area contributed by atoms with Crippen LogP contribution in [0.15, 0.2) is 15.4 Å². The van der Waals surface area contributed by atoms with Gasteiger partial charge >= 0.3 is 5.97 Å². The van der Waals surface area contributed by atoms with Gasteiger partial charge in [0.2, 0.25) is 10.0 Å². The van der Waals surface area contributed by atoms with Gasteiger partial charge in [-0.1, -0.05) is 0 Å². The van der Waals surface area contributed by atoms with E-state index in [1.807, 2.05) is 0 Å². The standard InChI is InChI=1S/C14H20N2O6S/c1-10-12(23(20,21)16-7-2-3-8-16)9-11(22-10)14(19)15-6-4-5-13(17)18/h9H,2-8H2,1H3,(H,15,19)(H,17,18). The van der Waals surface area contributed by atoms with Crippen LogP contribution in [0.25, 0.3) is 0 Å². The largest absolute Gasteiger partial charge is 0.481 e. The highest BCUT2D eigenvalue weighted by molar-refractivity contribution is 7.89. The van der Waals surface area contributed by atoms with Crippen molar-refractivity contribution in [2.75, 3.05) is 19.6 Å². The van der Waals surface area contributed by atoms with Crippen LogP contribution in [0, 0.1) is 6.92 Å². The molecule has 0 unspecified atom stereocenters. The lowest BCUT2D eigenvalue weighted by atomic mass is 10.3. The number of aliphatic carboxylic acids is 1. The molecule has 0 atom stereocenters. The topological polar surface area (TPSA) is 117 Å². The minimum absolute atomic E-state index is 0.00934. The Labute approximate surface area is 134 Å². The molecule has 1 aromatic heterocycles. The van der Waals surface area contributed by atoms with Crippen LogP contribution in [0.2, 0.25) is 0 Å². The summed E-state index contributed by atoms with van der Waals surface area (Å²) in [5.41, 5.74) is 0. The van der Waals surface area contributed by atoms with Crippen LogP contribution < -0.4 is 5.32 Å². The van der Waals surface area contributed by atoms with Crippen LogP contribution >= 0.6 is 0 Å². The Kier molecular flexibility index (Phi) is 5.42. The molecule has 0 spiro atoms. The highest BCUT2D eigenvalue weighted by Gasteiger charge is 2.31. The number of rotatable bonds is 7. The van der Waals surface area contributed by atoms with Gasteiger partial charge in [-0.05, 0) is 26.2 Å². The SMILES string of the molecule is Cc1oc(C(=O)NCCCC(=O)O)cc1S(=O)(=O)N1CCCC1. The number of nitrogens with one attached hydrogen (secondary N) is 1.